The van der Waals surface area contributed by atoms with Crippen molar-refractivity contribution in [2.45, 2.75) is 26.3 Å². The highest BCUT2D eigenvalue weighted by atomic mass is 15.0. The first-order valence-corrected chi connectivity index (χ1v) is 7.55. The van der Waals surface area contributed by atoms with Crippen LogP contribution in [-0.4, -0.2) is 16.5 Å². The lowest BCUT2D eigenvalue weighted by Crippen LogP contribution is -2.20. The van der Waals surface area contributed by atoms with Crippen molar-refractivity contribution in [2.24, 2.45) is 0 Å². The van der Waals surface area contributed by atoms with Crippen LogP contribution < -0.4 is 5.32 Å². The van der Waals surface area contributed by atoms with Gasteiger partial charge in [-0.1, -0.05) is 43.3 Å². The number of nitrogens with one attached hydrogen (secondary N) is 2. The van der Waals surface area contributed by atoms with Gasteiger partial charge in [0.15, 0.2) is 0 Å². The molecule has 0 aliphatic heterocycles. The molecule has 0 amide bonds. The third kappa shape index (κ3) is 2.98. The Hall–Kier alpha value is -2.13. The van der Waals surface area contributed by atoms with Crippen molar-refractivity contribution in [3.8, 4) is 11.3 Å². The largest absolute Gasteiger partial charge is 0.341 e. The van der Waals surface area contributed by atoms with Crippen LogP contribution in [0.4, 0.5) is 0 Å². The number of fused-ring (bicyclic) bond motifs is 1. The maximum absolute atomic E-state index is 4.51. The van der Waals surface area contributed by atoms with Gasteiger partial charge in [-0.25, -0.2) is 4.98 Å². The molecule has 0 saturated carbocycles. The topological polar surface area (TPSA) is 40.7 Å². The van der Waals surface area contributed by atoms with Gasteiger partial charge in [-0.05, 0) is 36.7 Å². The van der Waals surface area contributed by atoms with Gasteiger partial charge < -0.3 is 10.3 Å². The van der Waals surface area contributed by atoms with E-state index < -0.39 is 0 Å². The van der Waals surface area contributed by atoms with Gasteiger partial charge in [-0.15, -0.1) is 0 Å². The summed E-state index contributed by atoms with van der Waals surface area (Å²) in [5, 5.41) is 5.97. The van der Waals surface area contributed by atoms with Crippen molar-refractivity contribution in [3.05, 3.63) is 54.5 Å². The predicted molar refractivity (Wildman–Crippen MR) is 88.2 cm³/mol. The Balaban J connectivity index is 1.87. The second-order valence-corrected chi connectivity index (χ2v) is 5.42. The summed E-state index contributed by atoms with van der Waals surface area (Å²) in [5.74, 6) is 0.992. The maximum Gasteiger partial charge on any atom is 0.123 e. The quantitative estimate of drug-likeness (QED) is 0.731. The van der Waals surface area contributed by atoms with Crippen molar-refractivity contribution in [3.63, 3.8) is 0 Å². The number of hydrogen-bond acceptors (Lipinski definition) is 2. The van der Waals surface area contributed by atoms with Gasteiger partial charge >= 0.3 is 0 Å². The normalized spacial score (nSPS) is 12.7. The van der Waals surface area contributed by atoms with Gasteiger partial charge in [-0.3, -0.25) is 0 Å². The van der Waals surface area contributed by atoms with Crippen molar-refractivity contribution < 1.29 is 0 Å². The molecular formula is C18H21N3. The van der Waals surface area contributed by atoms with Crippen LogP contribution >= 0.6 is 0 Å². The van der Waals surface area contributed by atoms with E-state index in [1.54, 1.807) is 0 Å². The Kier molecular flexibility index (Phi) is 4.02. The monoisotopic (exact) mass is 279 g/mol. The molecule has 0 radical (unpaired) electrons. The Bertz CT molecular complexity index is 730. The fourth-order valence-corrected chi connectivity index (χ4v) is 2.52. The highest BCUT2D eigenvalue weighted by molar-refractivity contribution is 5.86. The summed E-state index contributed by atoms with van der Waals surface area (Å²) >= 11 is 0. The first-order valence-electron chi connectivity index (χ1n) is 7.55. The summed E-state index contributed by atoms with van der Waals surface area (Å²) in [7, 11) is 0. The number of hydrogen-bond donors (Lipinski definition) is 2. The number of H-pyrrole nitrogens is 1. The summed E-state index contributed by atoms with van der Waals surface area (Å²) < 4.78 is 0. The zero-order valence-corrected chi connectivity index (χ0v) is 12.6. The fraction of sp³-hybridized carbons (Fsp3) is 0.278. The summed E-state index contributed by atoms with van der Waals surface area (Å²) in [4.78, 5) is 7.94. The molecule has 2 N–H and O–H groups in total. The molecule has 3 rings (SSSR count). The van der Waals surface area contributed by atoms with Gasteiger partial charge in [0.25, 0.3) is 0 Å². The number of imidazole rings is 1. The SMILES string of the molecule is CCCNC(C)c1ncc(-c2ccc3ccccc3c2)[nH]1. The van der Waals surface area contributed by atoms with Gasteiger partial charge in [0.2, 0.25) is 0 Å². The van der Waals surface area contributed by atoms with E-state index in [0.717, 1.165) is 24.5 Å². The van der Waals surface area contributed by atoms with Crippen LogP contribution in [-0.2, 0) is 0 Å². The molecule has 0 aliphatic carbocycles. The molecule has 1 heterocycles. The smallest absolute Gasteiger partial charge is 0.123 e. The first-order chi connectivity index (χ1) is 10.3. The Morgan fingerprint density at radius 2 is 1.95 bits per heavy atom. The summed E-state index contributed by atoms with van der Waals surface area (Å²) in [6.07, 6.45) is 3.05. The minimum atomic E-state index is 0.249. The Morgan fingerprint density at radius 1 is 1.14 bits per heavy atom. The Labute approximate surface area is 125 Å². The van der Waals surface area contributed by atoms with Crippen molar-refractivity contribution in [2.75, 3.05) is 6.54 Å². The molecular weight excluding hydrogens is 258 g/mol. The van der Waals surface area contributed by atoms with E-state index in [2.05, 4.69) is 71.6 Å². The molecule has 1 unspecified atom stereocenters. The van der Waals surface area contributed by atoms with Gasteiger partial charge in [0.1, 0.15) is 5.82 Å². The van der Waals surface area contributed by atoms with Crippen LogP contribution in [0.5, 0.6) is 0 Å². The van der Waals surface area contributed by atoms with E-state index in [4.69, 9.17) is 0 Å². The lowest BCUT2D eigenvalue weighted by Gasteiger charge is -2.09. The lowest BCUT2D eigenvalue weighted by atomic mass is 10.1. The second-order valence-electron chi connectivity index (χ2n) is 5.42. The van der Waals surface area contributed by atoms with E-state index in [0.29, 0.717) is 0 Å². The summed E-state index contributed by atoms with van der Waals surface area (Å²) in [5.41, 5.74) is 2.25. The highest BCUT2D eigenvalue weighted by Gasteiger charge is 2.09. The number of benzene rings is 2. The van der Waals surface area contributed by atoms with Crippen LogP contribution in [0.25, 0.3) is 22.0 Å². The number of aromatic nitrogens is 2. The molecule has 108 valence electrons. The average molecular weight is 279 g/mol. The average Bonchev–Trinajstić information content (AvgIpc) is 3.02. The molecule has 3 nitrogen and oxygen atoms in total. The molecule has 1 atom stereocenters. The molecule has 1 aromatic heterocycles. The van der Waals surface area contributed by atoms with E-state index in [1.807, 2.05) is 6.20 Å². The molecule has 3 heteroatoms. The zero-order valence-electron chi connectivity index (χ0n) is 12.6. The third-order valence-corrected chi connectivity index (χ3v) is 3.77. The second kappa shape index (κ2) is 6.10. The molecule has 2 aromatic carbocycles. The molecule has 0 fully saturated rings. The van der Waals surface area contributed by atoms with Crippen molar-refractivity contribution in [1.82, 2.24) is 15.3 Å². The minimum Gasteiger partial charge on any atom is -0.341 e. The maximum atomic E-state index is 4.51. The van der Waals surface area contributed by atoms with Crippen LogP contribution in [0, 0.1) is 0 Å². The van der Waals surface area contributed by atoms with Crippen LogP contribution in [0.15, 0.2) is 48.7 Å². The van der Waals surface area contributed by atoms with E-state index in [-0.39, 0.29) is 6.04 Å². The number of nitrogens with zero attached hydrogens (tertiary/aromatic N) is 1. The molecule has 3 aromatic rings. The zero-order chi connectivity index (χ0) is 14.7. The van der Waals surface area contributed by atoms with E-state index >= 15 is 0 Å². The van der Waals surface area contributed by atoms with Gasteiger partial charge in [-0.2, -0.15) is 0 Å². The standard InChI is InChI=1S/C18H21N3/c1-3-10-19-13(2)18-20-12-17(21-18)16-9-8-14-6-4-5-7-15(14)11-16/h4-9,11-13,19H,3,10H2,1-2H3,(H,20,21). The van der Waals surface area contributed by atoms with Crippen LogP contribution in [0.1, 0.15) is 32.1 Å². The third-order valence-electron chi connectivity index (χ3n) is 3.77. The predicted octanol–water partition coefficient (Wildman–Crippen LogP) is 4.29. The lowest BCUT2D eigenvalue weighted by molar-refractivity contribution is 0.549. The molecule has 0 aliphatic rings. The fourth-order valence-electron chi connectivity index (χ4n) is 2.52. The Morgan fingerprint density at radius 3 is 2.76 bits per heavy atom. The number of aromatic amines is 1. The van der Waals surface area contributed by atoms with Gasteiger partial charge in [0.05, 0.1) is 17.9 Å². The van der Waals surface area contributed by atoms with E-state index in [9.17, 15) is 0 Å². The molecule has 0 saturated heterocycles. The summed E-state index contributed by atoms with van der Waals surface area (Å²) in [6, 6.07) is 15.2. The highest BCUT2D eigenvalue weighted by Crippen LogP contribution is 2.24. The molecule has 0 bridgehead atoms. The van der Waals surface area contributed by atoms with E-state index in [1.165, 1.54) is 16.3 Å². The van der Waals surface area contributed by atoms with Crippen LogP contribution in [0.3, 0.4) is 0 Å². The van der Waals surface area contributed by atoms with Crippen molar-refractivity contribution in [1.29, 1.82) is 0 Å². The molecule has 0 spiro atoms. The van der Waals surface area contributed by atoms with Gasteiger partial charge in [0, 0.05) is 5.56 Å². The van der Waals surface area contributed by atoms with Crippen LogP contribution in [0.2, 0.25) is 0 Å². The van der Waals surface area contributed by atoms with Crippen molar-refractivity contribution >= 4 is 10.8 Å². The summed E-state index contributed by atoms with van der Waals surface area (Å²) in [6.45, 7) is 5.31. The molecule has 21 heavy (non-hydrogen) atoms. The number of rotatable bonds is 5. The minimum absolute atomic E-state index is 0.249. The first kappa shape index (κ1) is 13.8.